The number of rotatable bonds is 5. The summed E-state index contributed by atoms with van der Waals surface area (Å²) < 4.78 is 0. The van der Waals surface area contributed by atoms with Crippen molar-refractivity contribution in [1.82, 2.24) is 4.90 Å². The van der Waals surface area contributed by atoms with E-state index in [0.717, 1.165) is 5.69 Å². The molecule has 30 heavy (non-hydrogen) atoms. The minimum atomic E-state index is -0.364. The van der Waals surface area contributed by atoms with Crippen LogP contribution in [-0.2, 0) is 4.79 Å². The summed E-state index contributed by atoms with van der Waals surface area (Å²) in [5.41, 5.74) is 1.73. The van der Waals surface area contributed by atoms with Crippen LogP contribution in [0.15, 0.2) is 36.4 Å². The normalized spacial score (nSPS) is 14.2. The summed E-state index contributed by atoms with van der Waals surface area (Å²) in [7, 11) is 0. The molecule has 1 aliphatic rings. The second-order valence-electron chi connectivity index (χ2n) is 7.71. The van der Waals surface area contributed by atoms with Crippen molar-refractivity contribution in [3.05, 3.63) is 57.0 Å². The molecule has 1 saturated heterocycles. The Hall–Kier alpha value is -1.95. The van der Waals surface area contributed by atoms with Gasteiger partial charge < -0.3 is 15.1 Å². The first-order valence-corrected chi connectivity index (χ1v) is 11.0. The fourth-order valence-corrected chi connectivity index (χ4v) is 3.97. The monoisotopic (exact) mass is 467 g/mol. The molecule has 0 aliphatic carbocycles. The SMILES string of the molecule is CC(C)CC(=O)N1CCN(c2ccc(Cl)cc2NC(=O)c2cc(Cl)ccc2Cl)CC1. The lowest BCUT2D eigenvalue weighted by Crippen LogP contribution is -2.49. The van der Waals surface area contributed by atoms with E-state index >= 15 is 0 Å². The van der Waals surface area contributed by atoms with E-state index in [-0.39, 0.29) is 11.8 Å². The van der Waals surface area contributed by atoms with Crippen LogP contribution < -0.4 is 10.2 Å². The maximum absolute atomic E-state index is 12.8. The van der Waals surface area contributed by atoms with E-state index < -0.39 is 0 Å². The second-order valence-corrected chi connectivity index (χ2v) is 8.99. The topological polar surface area (TPSA) is 52.7 Å². The molecule has 2 aromatic rings. The molecule has 3 rings (SSSR count). The number of anilines is 2. The summed E-state index contributed by atoms with van der Waals surface area (Å²) in [6.07, 6.45) is 0.558. The maximum atomic E-state index is 12.8. The van der Waals surface area contributed by atoms with Gasteiger partial charge >= 0.3 is 0 Å². The molecule has 1 fully saturated rings. The molecule has 8 heteroatoms. The lowest BCUT2D eigenvalue weighted by molar-refractivity contribution is -0.132. The molecule has 0 bridgehead atoms. The average molecular weight is 469 g/mol. The Morgan fingerprint density at radius 1 is 0.967 bits per heavy atom. The molecule has 1 aliphatic heterocycles. The van der Waals surface area contributed by atoms with Crippen LogP contribution in [0.5, 0.6) is 0 Å². The molecule has 5 nitrogen and oxygen atoms in total. The van der Waals surface area contributed by atoms with Gasteiger partial charge in [-0.15, -0.1) is 0 Å². The van der Waals surface area contributed by atoms with Crippen molar-refractivity contribution in [1.29, 1.82) is 0 Å². The molecule has 0 radical (unpaired) electrons. The first-order chi connectivity index (χ1) is 14.2. The number of piperazine rings is 1. The second kappa shape index (κ2) is 9.90. The highest BCUT2D eigenvalue weighted by Gasteiger charge is 2.24. The van der Waals surface area contributed by atoms with Gasteiger partial charge in [0.1, 0.15) is 0 Å². The summed E-state index contributed by atoms with van der Waals surface area (Å²) in [6.45, 7) is 6.72. The number of nitrogens with one attached hydrogen (secondary N) is 1. The Morgan fingerprint density at radius 2 is 1.60 bits per heavy atom. The zero-order valence-corrected chi connectivity index (χ0v) is 19.2. The molecule has 2 aromatic carbocycles. The highest BCUT2D eigenvalue weighted by molar-refractivity contribution is 6.36. The lowest BCUT2D eigenvalue weighted by atomic mass is 10.1. The molecule has 160 valence electrons. The highest BCUT2D eigenvalue weighted by atomic mass is 35.5. The third-order valence-electron chi connectivity index (χ3n) is 4.94. The number of carbonyl (C=O) groups excluding carboxylic acids is 2. The summed E-state index contributed by atoms with van der Waals surface area (Å²) in [4.78, 5) is 29.2. The summed E-state index contributed by atoms with van der Waals surface area (Å²) >= 11 is 18.4. The molecule has 2 amide bonds. The zero-order valence-electron chi connectivity index (χ0n) is 16.9. The standard InChI is InChI=1S/C22H24Cl3N3O2/c1-14(2)11-21(29)28-9-7-27(8-10-28)20-6-4-16(24)13-19(20)26-22(30)17-12-15(23)3-5-18(17)25/h3-6,12-14H,7-11H2,1-2H3,(H,26,30). The molecular weight excluding hydrogens is 445 g/mol. The number of nitrogens with zero attached hydrogens (tertiary/aromatic N) is 2. The first kappa shape index (κ1) is 22.7. The van der Waals surface area contributed by atoms with Crippen molar-refractivity contribution in [3.63, 3.8) is 0 Å². The van der Waals surface area contributed by atoms with Crippen molar-refractivity contribution in [2.75, 3.05) is 36.4 Å². The van der Waals surface area contributed by atoms with Crippen molar-refractivity contribution < 1.29 is 9.59 Å². The molecule has 1 heterocycles. The molecule has 0 aromatic heterocycles. The van der Waals surface area contributed by atoms with Gasteiger partial charge in [0.2, 0.25) is 5.91 Å². The zero-order chi connectivity index (χ0) is 21.8. The predicted molar refractivity (Wildman–Crippen MR) is 124 cm³/mol. The maximum Gasteiger partial charge on any atom is 0.257 e. The van der Waals surface area contributed by atoms with E-state index in [1.807, 2.05) is 24.8 Å². The van der Waals surface area contributed by atoms with Gasteiger partial charge in [0.05, 0.1) is 22.0 Å². The Balaban J connectivity index is 1.75. The van der Waals surface area contributed by atoms with E-state index in [4.69, 9.17) is 34.8 Å². The third kappa shape index (κ3) is 5.60. The number of carbonyl (C=O) groups is 2. The summed E-state index contributed by atoms with van der Waals surface area (Å²) in [6, 6.07) is 10.1. The quantitative estimate of drug-likeness (QED) is 0.622. The predicted octanol–water partition coefficient (Wildman–Crippen LogP) is 5.59. The Labute approximate surface area is 191 Å². The van der Waals surface area contributed by atoms with Crippen LogP contribution in [0.25, 0.3) is 0 Å². The van der Waals surface area contributed by atoms with Gasteiger partial charge in [0, 0.05) is 42.6 Å². The highest BCUT2D eigenvalue weighted by Crippen LogP contribution is 2.31. The van der Waals surface area contributed by atoms with Crippen molar-refractivity contribution in [3.8, 4) is 0 Å². The van der Waals surface area contributed by atoms with Crippen LogP contribution in [0.4, 0.5) is 11.4 Å². The minimum absolute atomic E-state index is 0.185. The fourth-order valence-electron chi connectivity index (χ4n) is 3.42. The van der Waals surface area contributed by atoms with Gasteiger partial charge in [-0.1, -0.05) is 48.7 Å². The van der Waals surface area contributed by atoms with Crippen molar-refractivity contribution >= 4 is 58.0 Å². The number of amides is 2. The van der Waals surface area contributed by atoms with Gasteiger partial charge in [0.15, 0.2) is 0 Å². The van der Waals surface area contributed by atoms with E-state index in [2.05, 4.69) is 10.2 Å². The number of hydrogen-bond donors (Lipinski definition) is 1. The van der Waals surface area contributed by atoms with Crippen LogP contribution in [0, 0.1) is 5.92 Å². The van der Waals surface area contributed by atoms with Crippen molar-refractivity contribution in [2.45, 2.75) is 20.3 Å². The van der Waals surface area contributed by atoms with Crippen LogP contribution in [0.1, 0.15) is 30.6 Å². The fraction of sp³-hybridized carbons (Fsp3) is 0.364. The first-order valence-electron chi connectivity index (χ1n) is 9.83. The minimum Gasteiger partial charge on any atom is -0.366 e. The molecule has 0 unspecified atom stereocenters. The smallest absolute Gasteiger partial charge is 0.257 e. The molecule has 0 saturated carbocycles. The van der Waals surface area contributed by atoms with E-state index in [0.29, 0.717) is 64.8 Å². The molecule has 0 spiro atoms. The molecule has 1 N–H and O–H groups in total. The Morgan fingerprint density at radius 3 is 2.27 bits per heavy atom. The van der Waals surface area contributed by atoms with Crippen LogP contribution in [0.3, 0.4) is 0 Å². The van der Waals surface area contributed by atoms with Crippen LogP contribution >= 0.6 is 34.8 Å². The van der Waals surface area contributed by atoms with Gasteiger partial charge in [-0.05, 0) is 42.3 Å². The average Bonchev–Trinajstić information content (AvgIpc) is 2.69. The lowest BCUT2D eigenvalue weighted by Gasteiger charge is -2.37. The van der Waals surface area contributed by atoms with E-state index in [1.165, 1.54) is 6.07 Å². The third-order valence-corrected chi connectivity index (χ3v) is 5.74. The largest absolute Gasteiger partial charge is 0.366 e. The Kier molecular flexibility index (Phi) is 7.50. The summed E-state index contributed by atoms with van der Waals surface area (Å²) in [5.74, 6) is 0.161. The van der Waals surface area contributed by atoms with Gasteiger partial charge in [-0.3, -0.25) is 9.59 Å². The summed E-state index contributed by atoms with van der Waals surface area (Å²) in [5, 5.41) is 4.16. The van der Waals surface area contributed by atoms with Crippen LogP contribution in [0.2, 0.25) is 15.1 Å². The molecular formula is C22H24Cl3N3O2. The Bertz CT molecular complexity index is 941. The van der Waals surface area contributed by atoms with E-state index in [1.54, 1.807) is 24.3 Å². The number of halogens is 3. The number of hydrogen-bond acceptors (Lipinski definition) is 3. The van der Waals surface area contributed by atoms with Gasteiger partial charge in [-0.25, -0.2) is 0 Å². The van der Waals surface area contributed by atoms with Gasteiger partial charge in [-0.2, -0.15) is 0 Å². The number of benzene rings is 2. The van der Waals surface area contributed by atoms with E-state index in [9.17, 15) is 9.59 Å². The van der Waals surface area contributed by atoms with Crippen LogP contribution in [-0.4, -0.2) is 42.9 Å². The van der Waals surface area contributed by atoms with Crippen molar-refractivity contribution in [2.24, 2.45) is 5.92 Å². The molecule has 0 atom stereocenters. The van der Waals surface area contributed by atoms with Gasteiger partial charge in [0.25, 0.3) is 5.91 Å².